The summed E-state index contributed by atoms with van der Waals surface area (Å²) in [6.07, 6.45) is 10.7. The summed E-state index contributed by atoms with van der Waals surface area (Å²) in [6, 6.07) is 0. The normalized spacial score (nSPS) is 9.86. The van der Waals surface area contributed by atoms with Crippen LogP contribution in [0.25, 0.3) is 0 Å². The second-order valence-electron chi connectivity index (χ2n) is 10.2. The predicted molar refractivity (Wildman–Crippen MR) is 139 cm³/mol. The zero-order chi connectivity index (χ0) is 23.5. The molecule has 0 aromatic carbocycles. The molecule has 0 rings (SSSR count). The van der Waals surface area contributed by atoms with Gasteiger partial charge in [-0.05, 0) is 29.6 Å². The molecule has 0 aliphatic heterocycles. The maximum absolute atomic E-state index is 2.25. The van der Waals surface area contributed by atoms with Crippen molar-refractivity contribution < 1.29 is 0 Å². The first kappa shape index (κ1) is 38.6. The fraction of sp³-hybridized carbons (Fsp3) is 1.00. The van der Waals surface area contributed by atoms with Crippen LogP contribution in [0.3, 0.4) is 0 Å². The van der Waals surface area contributed by atoms with Gasteiger partial charge < -0.3 is 0 Å². The average molecular weight is 403 g/mol. The van der Waals surface area contributed by atoms with Crippen molar-refractivity contribution in [1.82, 2.24) is 0 Å². The molecule has 0 saturated heterocycles. The monoisotopic (exact) mass is 403 g/mol. The molecule has 0 spiro atoms. The van der Waals surface area contributed by atoms with Crippen LogP contribution in [0.1, 0.15) is 155 Å². The van der Waals surface area contributed by atoms with Gasteiger partial charge in [0, 0.05) is 0 Å². The van der Waals surface area contributed by atoms with Gasteiger partial charge in [0.05, 0.1) is 0 Å². The molecule has 0 heteroatoms. The molecule has 28 heavy (non-hydrogen) atoms. The fourth-order valence-corrected chi connectivity index (χ4v) is 1.73. The number of hydrogen-bond donors (Lipinski definition) is 0. The van der Waals surface area contributed by atoms with Crippen LogP contribution in [-0.2, 0) is 0 Å². The van der Waals surface area contributed by atoms with Crippen LogP contribution < -0.4 is 0 Å². The lowest BCUT2D eigenvalue weighted by molar-refractivity contribution is 0.576. The Bertz CT molecular complexity index is 166. The van der Waals surface area contributed by atoms with Crippen LogP contribution in [0, 0.1) is 29.6 Å². The Balaban J connectivity index is -0.0000000789. The minimum absolute atomic E-state index is 0.884. The molecule has 0 aliphatic carbocycles. The zero-order valence-corrected chi connectivity index (χ0v) is 23.5. The second-order valence-corrected chi connectivity index (χ2v) is 10.2. The summed E-state index contributed by atoms with van der Waals surface area (Å²) in [6.45, 7) is 33.5. The Labute approximate surface area is 185 Å². The van der Waals surface area contributed by atoms with Gasteiger partial charge in [0.15, 0.2) is 0 Å². The van der Waals surface area contributed by atoms with Crippen LogP contribution in [0.5, 0.6) is 0 Å². The molecule has 0 saturated carbocycles. The molecule has 178 valence electrons. The molecule has 0 aromatic rings. The molecule has 0 nitrogen and oxygen atoms in total. The molecule has 0 atom stereocenters. The van der Waals surface area contributed by atoms with Crippen LogP contribution >= 0.6 is 0 Å². The van der Waals surface area contributed by atoms with Gasteiger partial charge in [-0.2, -0.15) is 0 Å². The van der Waals surface area contributed by atoms with E-state index in [1.165, 1.54) is 51.4 Å². The Morgan fingerprint density at radius 3 is 0.464 bits per heavy atom. The van der Waals surface area contributed by atoms with Crippen molar-refractivity contribution >= 4 is 0 Å². The summed E-state index contributed by atoms with van der Waals surface area (Å²) in [7, 11) is 0. The van der Waals surface area contributed by atoms with Gasteiger partial charge in [-0.15, -0.1) is 0 Å². The summed E-state index contributed by atoms with van der Waals surface area (Å²) in [5.41, 5.74) is 0. The van der Waals surface area contributed by atoms with E-state index in [0.717, 1.165) is 29.6 Å². The van der Waals surface area contributed by atoms with Gasteiger partial charge in [-0.1, -0.05) is 155 Å². The Kier molecular flexibility index (Phi) is 47.5. The quantitative estimate of drug-likeness (QED) is 0.378. The third kappa shape index (κ3) is 96.2. The molecule has 0 amide bonds. The van der Waals surface area contributed by atoms with Crippen molar-refractivity contribution in [3.8, 4) is 0 Å². The Morgan fingerprint density at radius 1 is 0.321 bits per heavy atom. The van der Waals surface area contributed by atoms with Crippen molar-refractivity contribution in [2.75, 3.05) is 0 Å². The first-order valence-electron chi connectivity index (χ1n) is 12.9. The van der Waals surface area contributed by atoms with Crippen molar-refractivity contribution in [2.45, 2.75) is 155 Å². The number of hydrogen-bond acceptors (Lipinski definition) is 0. The average Bonchev–Trinajstić information content (AvgIpc) is 2.56. The van der Waals surface area contributed by atoms with Crippen molar-refractivity contribution in [1.29, 1.82) is 0 Å². The lowest BCUT2D eigenvalue weighted by atomic mass is 10.1. The third-order valence-corrected chi connectivity index (χ3v) is 4.23. The molecule has 0 aliphatic rings. The largest absolute Gasteiger partial charge is 0.0654 e. The van der Waals surface area contributed by atoms with Gasteiger partial charge in [0.25, 0.3) is 0 Å². The lowest BCUT2D eigenvalue weighted by Gasteiger charge is -1.95. The molecule has 0 heterocycles. The molecule has 0 radical (unpaired) electrons. The molecular weight excluding hydrogens is 336 g/mol. The Morgan fingerprint density at radius 2 is 0.464 bits per heavy atom. The molecule has 0 unspecified atom stereocenters. The third-order valence-electron chi connectivity index (χ3n) is 4.23. The highest BCUT2D eigenvalue weighted by molar-refractivity contribution is 4.40. The highest BCUT2D eigenvalue weighted by Crippen LogP contribution is 2.01. The highest BCUT2D eigenvalue weighted by atomic mass is 13.9. The van der Waals surface area contributed by atoms with Gasteiger partial charge >= 0.3 is 0 Å². The predicted octanol–water partition coefficient (Wildman–Crippen LogP) is 11.4. The summed E-state index contributed by atoms with van der Waals surface area (Å²) >= 11 is 0. The smallest absolute Gasteiger partial charge is 0.0471 e. The van der Waals surface area contributed by atoms with E-state index in [2.05, 4.69) is 104 Å². The van der Waals surface area contributed by atoms with E-state index in [4.69, 9.17) is 0 Å². The second kappa shape index (κ2) is 34.5. The molecule has 0 N–H and O–H groups in total. The SMILES string of the molecule is CCC(C)C.CCC(C)C.CCCC(C)C.CCCC(C)C.CCCC(C)C. The van der Waals surface area contributed by atoms with Gasteiger partial charge in [-0.25, -0.2) is 0 Å². The van der Waals surface area contributed by atoms with Crippen molar-refractivity contribution in [2.24, 2.45) is 29.6 Å². The summed E-state index contributed by atoms with van der Waals surface area (Å²) in [5, 5.41) is 0. The number of rotatable bonds is 8. The van der Waals surface area contributed by atoms with E-state index in [1.54, 1.807) is 0 Å². The van der Waals surface area contributed by atoms with Crippen LogP contribution in [0.2, 0.25) is 0 Å². The maximum Gasteiger partial charge on any atom is -0.0471 e. The van der Waals surface area contributed by atoms with E-state index in [0.29, 0.717) is 0 Å². The van der Waals surface area contributed by atoms with Crippen molar-refractivity contribution in [3.63, 3.8) is 0 Å². The van der Waals surface area contributed by atoms with E-state index in [9.17, 15) is 0 Å². The van der Waals surface area contributed by atoms with E-state index < -0.39 is 0 Å². The summed E-state index contributed by atoms with van der Waals surface area (Å²) in [5.74, 6) is 4.46. The molecule has 0 aromatic heterocycles. The Hall–Kier alpha value is 0. The first-order valence-corrected chi connectivity index (χ1v) is 12.9. The molecular formula is C28H66. The molecule has 0 bridgehead atoms. The van der Waals surface area contributed by atoms with Crippen LogP contribution in [0.15, 0.2) is 0 Å². The van der Waals surface area contributed by atoms with Crippen LogP contribution in [-0.4, -0.2) is 0 Å². The van der Waals surface area contributed by atoms with Gasteiger partial charge in [0.2, 0.25) is 0 Å². The standard InChI is InChI=1S/3C6H14.2C5H12/c3*1-4-5-6(2)3;2*1-4-5(2)3/h3*6H,4-5H2,1-3H3;2*5H,4H2,1-3H3. The van der Waals surface area contributed by atoms with E-state index in [1.807, 2.05) is 0 Å². The topological polar surface area (TPSA) is 0 Å². The van der Waals surface area contributed by atoms with Gasteiger partial charge in [0.1, 0.15) is 0 Å². The lowest BCUT2D eigenvalue weighted by Crippen LogP contribution is -1.81. The summed E-state index contributed by atoms with van der Waals surface area (Å²) < 4.78 is 0. The highest BCUT2D eigenvalue weighted by Gasteiger charge is 1.86. The summed E-state index contributed by atoms with van der Waals surface area (Å²) in [4.78, 5) is 0. The van der Waals surface area contributed by atoms with Crippen molar-refractivity contribution in [3.05, 3.63) is 0 Å². The zero-order valence-electron chi connectivity index (χ0n) is 23.5. The van der Waals surface area contributed by atoms with E-state index >= 15 is 0 Å². The fourth-order valence-electron chi connectivity index (χ4n) is 1.73. The molecule has 0 fully saturated rings. The van der Waals surface area contributed by atoms with Crippen LogP contribution in [0.4, 0.5) is 0 Å². The minimum Gasteiger partial charge on any atom is -0.0654 e. The minimum atomic E-state index is 0.884. The maximum atomic E-state index is 2.25. The van der Waals surface area contributed by atoms with E-state index in [-0.39, 0.29) is 0 Å². The van der Waals surface area contributed by atoms with Gasteiger partial charge in [-0.3, -0.25) is 0 Å². The first-order chi connectivity index (χ1) is 12.9.